The Morgan fingerprint density at radius 1 is 1.09 bits per heavy atom. The normalized spacial score (nSPS) is 12.8. The van der Waals surface area contributed by atoms with E-state index in [0.717, 1.165) is 22.3 Å². The van der Waals surface area contributed by atoms with Gasteiger partial charge in [-0.15, -0.1) is 0 Å². The number of carbonyl (C=O) groups excluding carboxylic acids is 1. The van der Waals surface area contributed by atoms with Gasteiger partial charge in [0.25, 0.3) is 15.9 Å². The number of aromatic nitrogens is 2. The van der Waals surface area contributed by atoms with Crippen molar-refractivity contribution in [3.05, 3.63) is 81.7 Å². The Bertz CT molecular complexity index is 1920. The highest BCUT2D eigenvalue weighted by Gasteiger charge is 2.26. The molecule has 2 heterocycles. The number of pyridine rings is 1. The number of amides is 1. The zero-order valence-corrected chi connectivity index (χ0v) is 27.0. The maximum atomic E-state index is 15.5. The first-order valence-electron chi connectivity index (χ1n) is 12.6. The second-order valence-electron chi connectivity index (χ2n) is 9.22. The van der Waals surface area contributed by atoms with Gasteiger partial charge in [0.05, 0.1) is 31.9 Å². The number of carbonyl (C=O) groups is 1. The molecule has 1 unspecified atom stereocenters. The van der Waals surface area contributed by atoms with E-state index in [4.69, 9.17) is 0 Å². The maximum absolute atomic E-state index is 15.5. The third kappa shape index (κ3) is 7.22. The van der Waals surface area contributed by atoms with Crippen LogP contribution in [0.3, 0.4) is 0 Å². The van der Waals surface area contributed by atoms with Crippen molar-refractivity contribution in [3.8, 4) is 0 Å². The van der Waals surface area contributed by atoms with E-state index in [-0.39, 0.29) is 34.2 Å². The third-order valence-electron chi connectivity index (χ3n) is 6.17. The van der Waals surface area contributed by atoms with E-state index in [1.807, 2.05) is 22.6 Å². The van der Waals surface area contributed by atoms with E-state index in [2.05, 4.69) is 10.3 Å². The van der Waals surface area contributed by atoms with Gasteiger partial charge in [-0.3, -0.25) is 13.3 Å². The average molecular weight is 766 g/mol. The van der Waals surface area contributed by atoms with Crippen LogP contribution in [0.1, 0.15) is 30.1 Å². The number of sulfone groups is 1. The number of benzene rings is 2. The molecule has 0 fully saturated rings. The number of rotatable bonds is 12. The fraction of sp³-hybridized carbons (Fsp3) is 0.231. The summed E-state index contributed by atoms with van der Waals surface area (Å²) in [5, 5.41) is 2.62. The van der Waals surface area contributed by atoms with E-state index >= 15 is 4.39 Å². The van der Waals surface area contributed by atoms with Gasteiger partial charge in [-0.05, 0) is 71.8 Å². The number of hydrogen-bond acceptors (Lipinski definition) is 8. The van der Waals surface area contributed by atoms with Crippen LogP contribution in [0.4, 0.5) is 20.2 Å². The van der Waals surface area contributed by atoms with Gasteiger partial charge in [-0.1, -0.05) is 25.1 Å². The maximum Gasteiger partial charge on any atom is 0.270 e. The van der Waals surface area contributed by atoms with Gasteiger partial charge in [0.15, 0.2) is 11.5 Å². The fourth-order valence-electron chi connectivity index (χ4n) is 4.29. The van der Waals surface area contributed by atoms with Crippen LogP contribution in [0.15, 0.2) is 65.7 Å². The van der Waals surface area contributed by atoms with Crippen molar-refractivity contribution in [1.29, 1.82) is 0 Å². The second kappa shape index (κ2) is 13.3. The van der Waals surface area contributed by atoms with Gasteiger partial charge in [0.2, 0.25) is 0 Å². The molecule has 1 N–H and O–H groups in total. The lowest BCUT2D eigenvalue weighted by Gasteiger charge is -2.27. The Kier molecular flexibility index (Phi) is 10.2. The Morgan fingerprint density at radius 3 is 2.44 bits per heavy atom. The molecular weight excluding hydrogens is 741 g/mol. The van der Waals surface area contributed by atoms with Crippen molar-refractivity contribution in [2.45, 2.75) is 24.7 Å². The molecule has 17 heteroatoms. The molecule has 230 valence electrons. The first-order valence-corrected chi connectivity index (χ1v) is 18.0. The van der Waals surface area contributed by atoms with Crippen LogP contribution in [-0.2, 0) is 31.1 Å². The summed E-state index contributed by atoms with van der Waals surface area (Å²) in [6.07, 6.45) is 1.34. The molecule has 4 aromatic rings. The lowest BCUT2D eigenvalue weighted by atomic mass is 10.1. The molecule has 2 aromatic carbocycles. The quantitative estimate of drug-likeness (QED) is 0.166. The van der Waals surface area contributed by atoms with E-state index < -0.39 is 66.5 Å². The number of hydrogen-bond donors (Lipinski definition) is 1. The topological polar surface area (TPSA) is 159 Å². The molecule has 0 aliphatic carbocycles. The van der Waals surface area contributed by atoms with Crippen molar-refractivity contribution >= 4 is 82.0 Å². The van der Waals surface area contributed by atoms with E-state index in [0.29, 0.717) is 19.8 Å². The highest BCUT2D eigenvalue weighted by molar-refractivity contribution is 14.1. The summed E-state index contributed by atoms with van der Waals surface area (Å²) >= 11 is -1.25. The predicted octanol–water partition coefficient (Wildman–Crippen LogP) is 4.22. The molecular formula is C26H24F2IN4O7S3-. The molecule has 0 bridgehead atoms. The molecule has 0 aliphatic rings. The molecule has 4 rings (SSSR count). The molecule has 1 amide bonds. The Labute approximate surface area is 262 Å². The smallest absolute Gasteiger partial charge is 0.270 e. The summed E-state index contributed by atoms with van der Waals surface area (Å²) < 4.78 is 106. The van der Waals surface area contributed by atoms with Crippen molar-refractivity contribution in [1.82, 2.24) is 8.96 Å². The van der Waals surface area contributed by atoms with Gasteiger partial charge < -0.3 is 9.87 Å². The summed E-state index contributed by atoms with van der Waals surface area (Å²) in [4.78, 5) is 17.2. The first kappa shape index (κ1) is 32.9. The van der Waals surface area contributed by atoms with Gasteiger partial charge in [-0.25, -0.2) is 34.6 Å². The van der Waals surface area contributed by atoms with Gasteiger partial charge in [0.1, 0.15) is 21.2 Å². The summed E-state index contributed by atoms with van der Waals surface area (Å²) in [5.41, 5.74) is -1.68. The number of halogens is 3. The van der Waals surface area contributed by atoms with Crippen molar-refractivity contribution in [2.24, 2.45) is 0 Å². The van der Waals surface area contributed by atoms with Gasteiger partial charge in [-0.2, -0.15) is 0 Å². The molecule has 0 spiro atoms. The first-order chi connectivity index (χ1) is 20.3. The fourth-order valence-corrected chi connectivity index (χ4v) is 8.98. The molecule has 0 saturated carbocycles. The number of anilines is 2. The minimum absolute atomic E-state index is 0.0160. The standard InChI is InChI=1S/C26H25F2IN4O7S3/c1-2-12-42(37,38)13-6-11-32(41(35)36)21-10-9-20(27)23(24(21)28)26(34)31-18-14-17-15-22(29)33(25(17)30-16-18)43(39,40)19-7-4-3-5-8-19/h3-5,7-10,14-16H,2,6,11-13H2,1H3,(H,31,34)(H,35,36)/p-1. The monoisotopic (exact) mass is 765 g/mol. The van der Waals surface area contributed by atoms with Crippen molar-refractivity contribution < 1.29 is 39.2 Å². The van der Waals surface area contributed by atoms with Crippen LogP contribution in [0.2, 0.25) is 0 Å². The zero-order valence-electron chi connectivity index (χ0n) is 22.4. The Hall–Kier alpha value is -3.00. The number of nitrogens with zero attached hydrogens (tertiary/aromatic N) is 3. The molecule has 43 heavy (non-hydrogen) atoms. The van der Waals surface area contributed by atoms with Crippen molar-refractivity contribution in [3.63, 3.8) is 0 Å². The number of fused-ring (bicyclic) bond motifs is 1. The molecule has 11 nitrogen and oxygen atoms in total. The van der Waals surface area contributed by atoms with E-state index in [9.17, 15) is 34.8 Å². The third-order valence-corrected chi connectivity index (χ3v) is 11.7. The minimum Gasteiger partial charge on any atom is -0.755 e. The van der Waals surface area contributed by atoms with E-state index in [1.54, 1.807) is 25.1 Å². The van der Waals surface area contributed by atoms with Crippen LogP contribution >= 0.6 is 22.6 Å². The minimum atomic E-state index is -4.01. The molecule has 0 radical (unpaired) electrons. The van der Waals surface area contributed by atoms with Crippen LogP contribution < -0.4 is 9.62 Å². The molecule has 1 atom stereocenters. The molecule has 0 saturated heterocycles. The van der Waals surface area contributed by atoms with Crippen LogP contribution in [-0.4, -0.2) is 58.5 Å². The number of nitrogens with one attached hydrogen (secondary N) is 1. The predicted molar refractivity (Wildman–Crippen MR) is 166 cm³/mol. The lowest BCUT2D eigenvalue weighted by molar-refractivity contribution is 0.101. The summed E-state index contributed by atoms with van der Waals surface area (Å²) in [6, 6.07) is 12.1. The van der Waals surface area contributed by atoms with E-state index in [1.165, 1.54) is 24.3 Å². The SMILES string of the molecule is CCCS(=O)(=O)CCCN(c1ccc(F)c(C(=O)Nc2cnc3c(c2)cc(I)n3S(=O)(=O)c2ccccc2)c1F)S(=O)[O-]. The highest BCUT2D eigenvalue weighted by atomic mass is 127. The second-order valence-corrected chi connectivity index (χ2v) is 15.3. The summed E-state index contributed by atoms with van der Waals surface area (Å²) in [7, 11) is -7.44. The molecule has 0 aliphatic heterocycles. The Balaban J connectivity index is 1.61. The summed E-state index contributed by atoms with van der Waals surface area (Å²) in [6.45, 7) is 1.25. The largest absolute Gasteiger partial charge is 0.755 e. The van der Waals surface area contributed by atoms with Gasteiger partial charge in [0, 0.05) is 29.0 Å². The lowest BCUT2D eigenvalue weighted by Crippen LogP contribution is -2.30. The molecule has 2 aromatic heterocycles. The van der Waals surface area contributed by atoms with Crippen LogP contribution in [0.25, 0.3) is 11.0 Å². The van der Waals surface area contributed by atoms with Gasteiger partial charge >= 0.3 is 0 Å². The average Bonchev–Trinajstić information content (AvgIpc) is 3.27. The Morgan fingerprint density at radius 2 is 1.79 bits per heavy atom. The van der Waals surface area contributed by atoms with Crippen LogP contribution in [0, 0.1) is 15.3 Å². The zero-order chi connectivity index (χ0) is 31.5. The summed E-state index contributed by atoms with van der Waals surface area (Å²) in [5.74, 6) is -4.43. The van der Waals surface area contributed by atoms with Crippen LogP contribution in [0.5, 0.6) is 0 Å². The van der Waals surface area contributed by atoms with Crippen molar-refractivity contribution in [2.75, 3.05) is 27.7 Å². The highest BCUT2D eigenvalue weighted by Crippen LogP contribution is 2.29.